The molecule has 206 valence electrons. The van der Waals surface area contributed by atoms with Crippen molar-refractivity contribution < 1.29 is 19.0 Å². The number of benzene rings is 5. The molecule has 5 aromatic carbocycles. The van der Waals surface area contributed by atoms with Crippen LogP contribution in [0.1, 0.15) is 28.2 Å². The number of rotatable bonds is 7. The fraction of sp³-hybridized carbons (Fsp3) is 0.0857. The predicted molar refractivity (Wildman–Crippen MR) is 161 cm³/mol. The highest BCUT2D eigenvalue weighted by atomic mass is 35.5. The first-order valence-electron chi connectivity index (χ1n) is 13.3. The normalized spacial score (nSPS) is 14.0. The molecule has 6 nitrogen and oxygen atoms in total. The van der Waals surface area contributed by atoms with Crippen molar-refractivity contribution >= 4 is 28.3 Å². The van der Waals surface area contributed by atoms with E-state index < -0.39 is 11.9 Å². The number of halogens is 1. The zero-order valence-corrected chi connectivity index (χ0v) is 23.2. The fourth-order valence-electron chi connectivity index (χ4n) is 5.17. The zero-order valence-electron chi connectivity index (χ0n) is 22.4. The molecule has 0 fully saturated rings. The summed E-state index contributed by atoms with van der Waals surface area (Å²) in [7, 11) is 0. The Hall–Kier alpha value is -5.25. The smallest absolute Gasteiger partial charge is 0.315 e. The molecule has 0 saturated carbocycles. The van der Waals surface area contributed by atoms with Crippen molar-refractivity contribution in [1.82, 2.24) is 0 Å². The van der Waals surface area contributed by atoms with E-state index in [2.05, 4.69) is 6.07 Å². The van der Waals surface area contributed by atoms with Gasteiger partial charge in [-0.2, -0.15) is 5.26 Å². The Bertz CT molecular complexity index is 1890. The van der Waals surface area contributed by atoms with E-state index in [1.165, 1.54) is 0 Å². The third-order valence-corrected chi connectivity index (χ3v) is 7.55. The summed E-state index contributed by atoms with van der Waals surface area (Å²) in [5.74, 6) is 0.454. The minimum absolute atomic E-state index is 0.00313. The molecule has 1 unspecified atom stereocenters. The van der Waals surface area contributed by atoms with Crippen LogP contribution >= 0.6 is 11.6 Å². The lowest BCUT2D eigenvalue weighted by molar-refractivity contribution is -0.133. The first-order chi connectivity index (χ1) is 20.5. The van der Waals surface area contributed by atoms with Crippen LogP contribution in [0.5, 0.6) is 17.2 Å². The van der Waals surface area contributed by atoms with E-state index in [0.29, 0.717) is 28.9 Å². The SMILES string of the molecule is N#CC1=C(N)Oc2cc(OC(=O)Cc3cccc4ccccc34)ccc2C1c1cccc(OCc2ccccc2Cl)c1. The van der Waals surface area contributed by atoms with Crippen LogP contribution in [0.4, 0.5) is 0 Å². The highest BCUT2D eigenvalue weighted by Crippen LogP contribution is 2.44. The lowest BCUT2D eigenvalue weighted by atomic mass is 9.83. The zero-order chi connectivity index (χ0) is 29.1. The second-order valence-corrected chi connectivity index (χ2v) is 10.3. The summed E-state index contributed by atoms with van der Waals surface area (Å²) < 4.78 is 17.5. The van der Waals surface area contributed by atoms with Gasteiger partial charge < -0.3 is 19.9 Å². The Morgan fingerprint density at radius 2 is 1.64 bits per heavy atom. The molecule has 5 aromatic rings. The summed E-state index contributed by atoms with van der Waals surface area (Å²) in [6.07, 6.45) is 0.115. The van der Waals surface area contributed by atoms with Gasteiger partial charge >= 0.3 is 5.97 Å². The summed E-state index contributed by atoms with van der Waals surface area (Å²) in [6.45, 7) is 0.296. The number of nitrogens with two attached hydrogens (primary N) is 1. The predicted octanol–water partition coefficient (Wildman–Crippen LogP) is 7.44. The van der Waals surface area contributed by atoms with Gasteiger partial charge in [-0.05, 0) is 46.2 Å². The van der Waals surface area contributed by atoms with E-state index in [0.717, 1.165) is 33.0 Å². The molecule has 0 radical (unpaired) electrons. The molecule has 1 aliphatic heterocycles. The van der Waals surface area contributed by atoms with Crippen LogP contribution in [-0.4, -0.2) is 5.97 Å². The van der Waals surface area contributed by atoms with Gasteiger partial charge in [0.25, 0.3) is 0 Å². The summed E-state index contributed by atoms with van der Waals surface area (Å²) in [5, 5.41) is 12.7. The first-order valence-corrected chi connectivity index (χ1v) is 13.7. The average molecular weight is 573 g/mol. The molecule has 42 heavy (non-hydrogen) atoms. The highest BCUT2D eigenvalue weighted by Gasteiger charge is 2.31. The Labute approximate surface area is 248 Å². The molecular formula is C35H25ClN2O4. The number of fused-ring (bicyclic) bond motifs is 2. The number of esters is 1. The largest absolute Gasteiger partial charge is 0.489 e. The molecule has 1 aliphatic rings. The molecular weight excluding hydrogens is 548 g/mol. The fourth-order valence-corrected chi connectivity index (χ4v) is 5.36. The quantitative estimate of drug-likeness (QED) is 0.161. The molecule has 7 heteroatoms. The average Bonchev–Trinajstić information content (AvgIpc) is 3.00. The number of ether oxygens (including phenoxy) is 3. The van der Waals surface area contributed by atoms with Gasteiger partial charge in [-0.3, -0.25) is 4.79 Å². The van der Waals surface area contributed by atoms with E-state index >= 15 is 0 Å². The molecule has 0 spiro atoms. The molecule has 0 aromatic heterocycles. The minimum atomic E-state index is -0.497. The van der Waals surface area contributed by atoms with Crippen molar-refractivity contribution in [2.45, 2.75) is 18.9 Å². The van der Waals surface area contributed by atoms with Crippen LogP contribution < -0.4 is 19.9 Å². The Morgan fingerprint density at radius 1 is 0.881 bits per heavy atom. The van der Waals surface area contributed by atoms with E-state index in [1.54, 1.807) is 18.2 Å². The van der Waals surface area contributed by atoms with E-state index in [1.807, 2.05) is 91.0 Å². The maximum absolute atomic E-state index is 12.9. The Morgan fingerprint density at radius 3 is 2.50 bits per heavy atom. The molecule has 6 rings (SSSR count). The molecule has 0 amide bonds. The molecule has 1 heterocycles. The summed E-state index contributed by atoms with van der Waals surface area (Å²) in [4.78, 5) is 12.9. The summed E-state index contributed by atoms with van der Waals surface area (Å²) in [6, 6.07) is 36.1. The van der Waals surface area contributed by atoms with Gasteiger partial charge in [-0.25, -0.2) is 0 Å². The van der Waals surface area contributed by atoms with Crippen LogP contribution in [-0.2, 0) is 17.8 Å². The molecule has 0 saturated heterocycles. The lowest BCUT2D eigenvalue weighted by Crippen LogP contribution is -2.21. The minimum Gasteiger partial charge on any atom is -0.489 e. The van der Waals surface area contributed by atoms with Gasteiger partial charge in [-0.15, -0.1) is 0 Å². The standard InChI is InChI=1S/C35H25ClN2O4/c36-31-14-4-2-8-25(31)21-40-26-12-6-11-24(17-26)34-29-16-15-27(19-32(29)42-35(38)30(34)20-37)41-33(39)18-23-10-5-9-22-7-1-3-13-28(22)23/h1-17,19,34H,18,21,38H2. The van der Waals surface area contributed by atoms with Crippen molar-refractivity contribution in [3.63, 3.8) is 0 Å². The number of hydrogen-bond acceptors (Lipinski definition) is 6. The van der Waals surface area contributed by atoms with Crippen LogP contribution in [0, 0.1) is 11.3 Å². The maximum atomic E-state index is 12.9. The van der Waals surface area contributed by atoms with Gasteiger partial charge in [0.2, 0.25) is 5.88 Å². The highest BCUT2D eigenvalue weighted by molar-refractivity contribution is 6.31. The Kier molecular flexibility index (Phi) is 7.50. The third-order valence-electron chi connectivity index (χ3n) is 7.18. The molecule has 1 atom stereocenters. The number of nitriles is 1. The Balaban J connectivity index is 1.24. The van der Waals surface area contributed by atoms with Crippen molar-refractivity contribution in [2.75, 3.05) is 0 Å². The van der Waals surface area contributed by atoms with Crippen LogP contribution in [0.25, 0.3) is 10.8 Å². The van der Waals surface area contributed by atoms with Crippen LogP contribution in [0.15, 0.2) is 121 Å². The van der Waals surface area contributed by atoms with Gasteiger partial charge in [0.15, 0.2) is 0 Å². The van der Waals surface area contributed by atoms with Crippen molar-refractivity contribution in [3.05, 3.63) is 148 Å². The monoisotopic (exact) mass is 572 g/mol. The van der Waals surface area contributed by atoms with Gasteiger partial charge in [0, 0.05) is 22.2 Å². The van der Waals surface area contributed by atoms with Gasteiger partial charge in [-0.1, -0.05) is 90.5 Å². The molecule has 2 N–H and O–H groups in total. The third kappa shape index (κ3) is 5.51. The number of carbonyl (C=O) groups excluding carboxylic acids is 1. The van der Waals surface area contributed by atoms with E-state index in [-0.39, 0.29) is 17.9 Å². The van der Waals surface area contributed by atoms with Gasteiger partial charge in [0.05, 0.1) is 12.3 Å². The summed E-state index contributed by atoms with van der Waals surface area (Å²) in [5.41, 5.74) is 9.77. The van der Waals surface area contributed by atoms with Gasteiger partial charge in [0.1, 0.15) is 35.5 Å². The molecule has 0 bridgehead atoms. The lowest BCUT2D eigenvalue weighted by Gasteiger charge is -2.27. The van der Waals surface area contributed by atoms with Crippen LogP contribution in [0.3, 0.4) is 0 Å². The summed E-state index contributed by atoms with van der Waals surface area (Å²) >= 11 is 6.28. The van der Waals surface area contributed by atoms with Crippen molar-refractivity contribution in [1.29, 1.82) is 5.26 Å². The molecule has 0 aliphatic carbocycles. The van der Waals surface area contributed by atoms with Crippen LogP contribution in [0.2, 0.25) is 5.02 Å². The second kappa shape index (κ2) is 11.7. The van der Waals surface area contributed by atoms with E-state index in [4.69, 9.17) is 31.5 Å². The second-order valence-electron chi connectivity index (χ2n) is 9.87. The van der Waals surface area contributed by atoms with Crippen molar-refractivity contribution in [3.8, 4) is 23.3 Å². The number of carbonyl (C=O) groups is 1. The maximum Gasteiger partial charge on any atom is 0.315 e. The van der Waals surface area contributed by atoms with Crippen molar-refractivity contribution in [2.24, 2.45) is 5.73 Å². The first kappa shape index (κ1) is 26.9. The number of allylic oxidation sites excluding steroid dienone is 1. The topological polar surface area (TPSA) is 94.6 Å². The number of hydrogen-bond donors (Lipinski definition) is 1. The van der Waals surface area contributed by atoms with E-state index in [9.17, 15) is 10.1 Å². The number of nitrogens with zero attached hydrogens (tertiary/aromatic N) is 1.